The van der Waals surface area contributed by atoms with Gasteiger partial charge in [-0.15, -0.1) is 0 Å². The highest BCUT2D eigenvalue weighted by Gasteiger charge is 2.06. The Kier molecular flexibility index (Phi) is 6.29. The molecule has 0 bridgehead atoms. The molecular formula is C14H21FN2O2. The van der Waals surface area contributed by atoms with Crippen LogP contribution in [0.25, 0.3) is 0 Å². The molecule has 0 aliphatic rings. The van der Waals surface area contributed by atoms with Crippen LogP contribution >= 0.6 is 0 Å². The molecule has 0 radical (unpaired) electrons. The van der Waals surface area contributed by atoms with Gasteiger partial charge in [0.1, 0.15) is 0 Å². The van der Waals surface area contributed by atoms with Crippen molar-refractivity contribution in [1.29, 1.82) is 0 Å². The lowest BCUT2D eigenvalue weighted by Gasteiger charge is -2.11. The molecule has 5 heteroatoms. The van der Waals surface area contributed by atoms with Gasteiger partial charge >= 0.3 is 0 Å². The summed E-state index contributed by atoms with van der Waals surface area (Å²) in [5.74, 6) is -0.0859. The Labute approximate surface area is 113 Å². The molecule has 0 fully saturated rings. The lowest BCUT2D eigenvalue weighted by Crippen LogP contribution is -2.21. The number of hydrogen-bond acceptors (Lipinski definition) is 3. The van der Waals surface area contributed by atoms with Gasteiger partial charge in [-0.05, 0) is 31.2 Å². The average molecular weight is 268 g/mol. The van der Waals surface area contributed by atoms with Gasteiger partial charge in [0.05, 0.1) is 6.61 Å². The minimum atomic E-state index is -0.369. The lowest BCUT2D eigenvalue weighted by atomic mass is 10.2. The Morgan fingerprint density at radius 2 is 2.16 bits per heavy atom. The Hall–Kier alpha value is -1.62. The van der Waals surface area contributed by atoms with E-state index < -0.39 is 0 Å². The third-order valence-corrected chi connectivity index (χ3v) is 2.67. The normalized spacial score (nSPS) is 10.3. The van der Waals surface area contributed by atoms with Crippen LogP contribution in [-0.4, -0.2) is 38.6 Å². The summed E-state index contributed by atoms with van der Waals surface area (Å²) in [5.41, 5.74) is 0.870. The van der Waals surface area contributed by atoms with Gasteiger partial charge < -0.3 is 15.0 Å². The van der Waals surface area contributed by atoms with Crippen LogP contribution in [0.1, 0.15) is 18.4 Å². The standard InChI is InChI=1S/C14H21FN2O2/c1-16-10-11-6-7-13(12(15)9-11)19-8-4-5-14(18)17(2)3/h6-7,9,16H,4-5,8,10H2,1-3H3. The summed E-state index contributed by atoms with van der Waals surface area (Å²) in [4.78, 5) is 12.9. The fraction of sp³-hybridized carbons (Fsp3) is 0.500. The highest BCUT2D eigenvalue weighted by Crippen LogP contribution is 2.18. The Morgan fingerprint density at radius 1 is 1.42 bits per heavy atom. The van der Waals surface area contributed by atoms with E-state index in [1.165, 1.54) is 11.0 Å². The number of carbonyl (C=O) groups excluding carboxylic acids is 1. The second-order valence-electron chi connectivity index (χ2n) is 4.54. The van der Waals surface area contributed by atoms with Gasteiger partial charge in [0, 0.05) is 27.1 Å². The molecule has 0 spiro atoms. The Morgan fingerprint density at radius 3 is 2.74 bits per heavy atom. The maximum Gasteiger partial charge on any atom is 0.222 e. The van der Waals surface area contributed by atoms with Crippen LogP contribution in [0.4, 0.5) is 4.39 Å². The molecule has 0 aliphatic carbocycles. The first-order chi connectivity index (χ1) is 9.04. The number of benzene rings is 1. The van der Waals surface area contributed by atoms with Gasteiger partial charge in [0.2, 0.25) is 5.91 Å². The topological polar surface area (TPSA) is 41.6 Å². The summed E-state index contributed by atoms with van der Waals surface area (Å²) in [6.45, 7) is 0.955. The molecule has 1 amide bonds. The summed E-state index contributed by atoms with van der Waals surface area (Å²) in [6, 6.07) is 4.90. The van der Waals surface area contributed by atoms with Crippen molar-refractivity contribution < 1.29 is 13.9 Å². The van der Waals surface area contributed by atoms with E-state index in [-0.39, 0.29) is 17.5 Å². The maximum atomic E-state index is 13.7. The first-order valence-electron chi connectivity index (χ1n) is 6.30. The van der Waals surface area contributed by atoms with Crippen molar-refractivity contribution in [3.8, 4) is 5.75 Å². The summed E-state index contributed by atoms with van der Waals surface area (Å²) in [5, 5.41) is 2.96. The minimum Gasteiger partial charge on any atom is -0.491 e. The highest BCUT2D eigenvalue weighted by molar-refractivity contribution is 5.75. The van der Waals surface area contributed by atoms with Gasteiger partial charge in [-0.25, -0.2) is 4.39 Å². The van der Waals surface area contributed by atoms with Crippen LogP contribution < -0.4 is 10.1 Å². The van der Waals surface area contributed by atoms with Crippen LogP contribution in [-0.2, 0) is 11.3 Å². The molecule has 106 valence electrons. The van der Waals surface area contributed by atoms with Crippen LogP contribution in [0.3, 0.4) is 0 Å². The number of ether oxygens (including phenoxy) is 1. The molecule has 0 aliphatic heterocycles. The first kappa shape index (κ1) is 15.4. The van der Waals surface area contributed by atoms with Crippen molar-refractivity contribution in [2.24, 2.45) is 0 Å². The zero-order valence-corrected chi connectivity index (χ0v) is 11.7. The summed E-state index contributed by atoms with van der Waals surface area (Å²) in [6.07, 6.45) is 0.987. The summed E-state index contributed by atoms with van der Waals surface area (Å²) >= 11 is 0. The number of amides is 1. The number of carbonyl (C=O) groups is 1. The predicted octanol–water partition coefficient (Wildman–Crippen LogP) is 1.79. The minimum absolute atomic E-state index is 0.0495. The van der Waals surface area contributed by atoms with Crippen molar-refractivity contribution >= 4 is 5.91 Å². The second-order valence-corrected chi connectivity index (χ2v) is 4.54. The smallest absolute Gasteiger partial charge is 0.222 e. The van der Waals surface area contributed by atoms with E-state index in [0.29, 0.717) is 26.0 Å². The number of nitrogens with zero attached hydrogens (tertiary/aromatic N) is 1. The van der Waals surface area contributed by atoms with Crippen molar-refractivity contribution in [3.63, 3.8) is 0 Å². The fourth-order valence-corrected chi connectivity index (χ4v) is 1.60. The van der Waals surface area contributed by atoms with Crippen LogP contribution in [0.5, 0.6) is 5.75 Å². The quantitative estimate of drug-likeness (QED) is 0.767. The molecule has 0 saturated heterocycles. The summed E-state index contributed by atoms with van der Waals surface area (Å²) < 4.78 is 19.0. The molecule has 4 nitrogen and oxygen atoms in total. The van der Waals surface area contributed by atoms with E-state index in [4.69, 9.17) is 4.74 Å². The van der Waals surface area contributed by atoms with Gasteiger partial charge in [-0.2, -0.15) is 0 Å². The van der Waals surface area contributed by atoms with E-state index in [1.54, 1.807) is 20.2 Å². The van der Waals surface area contributed by atoms with E-state index in [9.17, 15) is 9.18 Å². The van der Waals surface area contributed by atoms with E-state index in [2.05, 4.69) is 5.32 Å². The van der Waals surface area contributed by atoms with Crippen molar-refractivity contribution in [1.82, 2.24) is 10.2 Å². The number of rotatable bonds is 7. The van der Waals surface area contributed by atoms with E-state index in [1.807, 2.05) is 13.1 Å². The van der Waals surface area contributed by atoms with Gasteiger partial charge in [-0.3, -0.25) is 4.79 Å². The number of hydrogen-bond donors (Lipinski definition) is 1. The largest absolute Gasteiger partial charge is 0.491 e. The first-order valence-corrected chi connectivity index (χ1v) is 6.30. The van der Waals surface area contributed by atoms with E-state index >= 15 is 0 Å². The maximum absolute atomic E-state index is 13.7. The molecule has 0 heterocycles. The van der Waals surface area contributed by atoms with Crippen molar-refractivity contribution in [3.05, 3.63) is 29.6 Å². The number of nitrogens with one attached hydrogen (secondary N) is 1. The summed E-state index contributed by atoms with van der Waals surface area (Å²) in [7, 11) is 5.23. The Bertz CT molecular complexity index is 422. The van der Waals surface area contributed by atoms with Crippen LogP contribution in [0.15, 0.2) is 18.2 Å². The molecular weight excluding hydrogens is 247 g/mol. The molecule has 0 atom stereocenters. The van der Waals surface area contributed by atoms with Crippen LogP contribution in [0.2, 0.25) is 0 Å². The van der Waals surface area contributed by atoms with Crippen molar-refractivity contribution in [2.75, 3.05) is 27.7 Å². The highest BCUT2D eigenvalue weighted by atomic mass is 19.1. The van der Waals surface area contributed by atoms with Crippen molar-refractivity contribution in [2.45, 2.75) is 19.4 Å². The third-order valence-electron chi connectivity index (χ3n) is 2.67. The zero-order chi connectivity index (χ0) is 14.3. The van der Waals surface area contributed by atoms with Gasteiger partial charge in [0.15, 0.2) is 11.6 Å². The van der Waals surface area contributed by atoms with Crippen LogP contribution in [0, 0.1) is 5.82 Å². The monoisotopic (exact) mass is 268 g/mol. The lowest BCUT2D eigenvalue weighted by molar-refractivity contribution is -0.128. The second kappa shape index (κ2) is 7.74. The van der Waals surface area contributed by atoms with Gasteiger partial charge in [-0.1, -0.05) is 6.07 Å². The molecule has 0 aromatic heterocycles. The molecule has 19 heavy (non-hydrogen) atoms. The zero-order valence-electron chi connectivity index (χ0n) is 11.7. The molecule has 0 unspecified atom stereocenters. The molecule has 1 aromatic rings. The Balaban J connectivity index is 2.39. The fourth-order valence-electron chi connectivity index (χ4n) is 1.60. The third kappa shape index (κ3) is 5.26. The predicted molar refractivity (Wildman–Crippen MR) is 72.6 cm³/mol. The van der Waals surface area contributed by atoms with Gasteiger partial charge in [0.25, 0.3) is 0 Å². The van der Waals surface area contributed by atoms with E-state index in [0.717, 1.165) is 5.56 Å². The molecule has 1 N–H and O–H groups in total. The molecule has 0 saturated carbocycles. The average Bonchev–Trinajstić information content (AvgIpc) is 2.36. The SMILES string of the molecule is CNCc1ccc(OCCCC(=O)N(C)C)c(F)c1. The molecule has 1 rings (SSSR count). The number of halogens is 1. The molecule has 1 aromatic carbocycles.